The van der Waals surface area contributed by atoms with E-state index in [1.54, 1.807) is 11.8 Å². The van der Waals surface area contributed by atoms with E-state index in [-0.39, 0.29) is 5.44 Å². The molecule has 0 fully saturated rings. The number of unbranched alkanes of at least 4 members (excludes halogenated alkanes) is 2. The molecule has 0 heterocycles. The minimum Gasteiger partial charge on any atom is -0.480 e. The summed E-state index contributed by atoms with van der Waals surface area (Å²) in [5, 5.41) is 0. The SMILES string of the molecule is CCC(=O)CCCCCc1cccc(O[C@H](C)SC)c1. The summed E-state index contributed by atoms with van der Waals surface area (Å²) in [5.74, 6) is 1.33. The highest BCUT2D eigenvalue weighted by Gasteiger charge is 2.03. The number of thioether (sulfide) groups is 1. The van der Waals surface area contributed by atoms with Gasteiger partial charge >= 0.3 is 0 Å². The minimum atomic E-state index is 0.185. The summed E-state index contributed by atoms with van der Waals surface area (Å²) in [6.45, 7) is 3.99. The molecule has 1 aromatic carbocycles. The van der Waals surface area contributed by atoms with Crippen LogP contribution in [0.2, 0.25) is 0 Å². The van der Waals surface area contributed by atoms with Gasteiger partial charge in [-0.2, -0.15) is 0 Å². The molecule has 0 radical (unpaired) electrons. The van der Waals surface area contributed by atoms with E-state index >= 15 is 0 Å². The summed E-state index contributed by atoms with van der Waals surface area (Å²) in [6.07, 6.45) is 7.80. The number of benzene rings is 1. The molecule has 0 saturated carbocycles. The molecular weight excluding hydrogens is 268 g/mol. The number of hydrogen-bond acceptors (Lipinski definition) is 3. The van der Waals surface area contributed by atoms with Crippen LogP contribution in [0.15, 0.2) is 24.3 Å². The molecule has 0 aliphatic heterocycles. The van der Waals surface area contributed by atoms with Gasteiger partial charge in [-0.3, -0.25) is 4.79 Å². The molecule has 112 valence electrons. The van der Waals surface area contributed by atoms with Gasteiger partial charge in [-0.15, -0.1) is 11.8 Å². The zero-order valence-electron chi connectivity index (χ0n) is 12.9. The lowest BCUT2D eigenvalue weighted by atomic mass is 10.0. The van der Waals surface area contributed by atoms with Crippen LogP contribution in [0.4, 0.5) is 0 Å². The van der Waals surface area contributed by atoms with Gasteiger partial charge in [0.1, 0.15) is 17.0 Å². The van der Waals surface area contributed by atoms with Gasteiger partial charge in [0, 0.05) is 12.8 Å². The highest BCUT2D eigenvalue weighted by Crippen LogP contribution is 2.19. The Morgan fingerprint density at radius 1 is 1.30 bits per heavy atom. The third kappa shape index (κ3) is 6.99. The van der Waals surface area contributed by atoms with Crippen molar-refractivity contribution in [2.24, 2.45) is 0 Å². The van der Waals surface area contributed by atoms with E-state index in [4.69, 9.17) is 4.74 Å². The fraction of sp³-hybridized carbons (Fsp3) is 0.588. The fourth-order valence-corrected chi connectivity index (χ4v) is 2.23. The Balaban J connectivity index is 2.30. The summed E-state index contributed by atoms with van der Waals surface area (Å²) < 4.78 is 5.80. The molecule has 0 amide bonds. The zero-order valence-corrected chi connectivity index (χ0v) is 13.7. The molecule has 1 atom stereocenters. The van der Waals surface area contributed by atoms with Crippen LogP contribution in [0, 0.1) is 0 Å². The first-order valence-electron chi connectivity index (χ1n) is 7.45. The molecule has 0 saturated heterocycles. The van der Waals surface area contributed by atoms with Crippen LogP contribution >= 0.6 is 11.8 Å². The first-order valence-corrected chi connectivity index (χ1v) is 8.74. The highest BCUT2D eigenvalue weighted by molar-refractivity contribution is 7.99. The zero-order chi connectivity index (χ0) is 14.8. The van der Waals surface area contributed by atoms with Crippen LogP contribution in [-0.2, 0) is 11.2 Å². The number of ether oxygens (including phenoxy) is 1. The molecule has 1 aromatic rings. The van der Waals surface area contributed by atoms with Crippen molar-refractivity contribution < 1.29 is 9.53 Å². The molecule has 0 aromatic heterocycles. The number of hydrogen-bond donors (Lipinski definition) is 0. The van der Waals surface area contributed by atoms with Crippen LogP contribution in [0.5, 0.6) is 5.75 Å². The highest BCUT2D eigenvalue weighted by atomic mass is 32.2. The first-order chi connectivity index (χ1) is 9.65. The maximum absolute atomic E-state index is 11.2. The summed E-state index contributed by atoms with van der Waals surface area (Å²) in [5.41, 5.74) is 1.50. The van der Waals surface area contributed by atoms with E-state index in [0.29, 0.717) is 12.2 Å². The normalized spacial score (nSPS) is 12.2. The first kappa shape index (κ1) is 17.1. The van der Waals surface area contributed by atoms with Gasteiger partial charge in [0.25, 0.3) is 0 Å². The third-order valence-corrected chi connectivity index (χ3v) is 4.11. The second-order valence-corrected chi connectivity index (χ2v) is 6.16. The summed E-state index contributed by atoms with van der Waals surface area (Å²) in [6, 6.07) is 8.34. The van der Waals surface area contributed by atoms with Crippen molar-refractivity contribution in [1.29, 1.82) is 0 Å². The smallest absolute Gasteiger partial charge is 0.141 e. The average molecular weight is 294 g/mol. The van der Waals surface area contributed by atoms with Gasteiger partial charge in [0.05, 0.1) is 0 Å². The predicted molar refractivity (Wildman–Crippen MR) is 87.5 cm³/mol. The lowest BCUT2D eigenvalue weighted by Crippen LogP contribution is -2.05. The van der Waals surface area contributed by atoms with E-state index < -0.39 is 0 Å². The van der Waals surface area contributed by atoms with Crippen LogP contribution in [0.25, 0.3) is 0 Å². The number of ketones is 1. The average Bonchev–Trinajstić information content (AvgIpc) is 2.46. The van der Waals surface area contributed by atoms with Gasteiger partial charge in [-0.25, -0.2) is 0 Å². The van der Waals surface area contributed by atoms with E-state index in [0.717, 1.165) is 37.9 Å². The van der Waals surface area contributed by atoms with E-state index in [1.165, 1.54) is 5.56 Å². The summed E-state index contributed by atoms with van der Waals surface area (Å²) in [7, 11) is 0. The molecule has 0 spiro atoms. The molecule has 20 heavy (non-hydrogen) atoms. The maximum Gasteiger partial charge on any atom is 0.141 e. The van der Waals surface area contributed by atoms with Crippen molar-refractivity contribution in [1.82, 2.24) is 0 Å². The molecule has 0 aliphatic carbocycles. The van der Waals surface area contributed by atoms with Crippen molar-refractivity contribution in [3.63, 3.8) is 0 Å². The van der Waals surface area contributed by atoms with Crippen LogP contribution in [0.1, 0.15) is 51.5 Å². The number of carbonyl (C=O) groups excluding carboxylic acids is 1. The number of Topliss-reactive ketones (excluding diaryl/α,β-unsaturated/α-hetero) is 1. The van der Waals surface area contributed by atoms with E-state index in [1.807, 2.05) is 19.2 Å². The molecule has 0 unspecified atom stereocenters. The quantitative estimate of drug-likeness (QED) is 0.455. The minimum absolute atomic E-state index is 0.185. The Kier molecular flexibility index (Phi) is 8.43. The second-order valence-electron chi connectivity index (χ2n) is 5.02. The monoisotopic (exact) mass is 294 g/mol. The van der Waals surface area contributed by atoms with Crippen LogP contribution in [-0.4, -0.2) is 17.5 Å². The third-order valence-electron chi connectivity index (χ3n) is 3.35. The van der Waals surface area contributed by atoms with Gasteiger partial charge in [0.2, 0.25) is 0 Å². The van der Waals surface area contributed by atoms with Crippen molar-refractivity contribution >= 4 is 17.5 Å². The summed E-state index contributed by atoms with van der Waals surface area (Å²) in [4.78, 5) is 11.2. The van der Waals surface area contributed by atoms with E-state index in [9.17, 15) is 4.79 Å². The van der Waals surface area contributed by atoms with Gasteiger partial charge in [-0.1, -0.05) is 25.5 Å². The van der Waals surface area contributed by atoms with Gasteiger partial charge in [0.15, 0.2) is 0 Å². The topological polar surface area (TPSA) is 26.3 Å². The van der Waals surface area contributed by atoms with E-state index in [2.05, 4.69) is 25.1 Å². The maximum atomic E-state index is 11.2. The van der Waals surface area contributed by atoms with Crippen LogP contribution in [0.3, 0.4) is 0 Å². The lowest BCUT2D eigenvalue weighted by molar-refractivity contribution is -0.118. The largest absolute Gasteiger partial charge is 0.480 e. The standard InChI is InChI=1S/C17H26O2S/c1-4-16(18)11-7-5-6-9-15-10-8-12-17(13-15)19-14(2)20-3/h8,10,12-14H,4-7,9,11H2,1-3H3/t14-/m0/s1. The molecule has 3 heteroatoms. The van der Waals surface area contributed by atoms with Crippen molar-refractivity contribution in [2.45, 2.75) is 57.8 Å². The Hall–Kier alpha value is -0.960. The molecule has 0 aliphatic rings. The molecule has 0 bridgehead atoms. The molecular formula is C17H26O2S. The molecule has 0 N–H and O–H groups in total. The van der Waals surface area contributed by atoms with Gasteiger partial charge in [-0.05, 0) is 50.1 Å². The number of carbonyl (C=O) groups is 1. The van der Waals surface area contributed by atoms with Gasteiger partial charge < -0.3 is 4.74 Å². The molecule has 1 rings (SSSR count). The van der Waals surface area contributed by atoms with Crippen molar-refractivity contribution in [3.05, 3.63) is 29.8 Å². The number of aryl methyl sites for hydroxylation is 1. The van der Waals surface area contributed by atoms with Crippen molar-refractivity contribution in [3.8, 4) is 5.75 Å². The second kappa shape index (κ2) is 9.87. The lowest BCUT2D eigenvalue weighted by Gasteiger charge is -2.12. The van der Waals surface area contributed by atoms with Crippen molar-refractivity contribution in [2.75, 3.05) is 6.26 Å². The van der Waals surface area contributed by atoms with Crippen LogP contribution < -0.4 is 4.74 Å². The Morgan fingerprint density at radius 3 is 2.80 bits per heavy atom. The molecule has 2 nitrogen and oxygen atoms in total. The Morgan fingerprint density at radius 2 is 2.10 bits per heavy atom. The fourth-order valence-electron chi connectivity index (χ4n) is 2.02. The Bertz CT molecular complexity index is 404. The Labute approximate surface area is 127 Å². The number of rotatable bonds is 10. The summed E-state index contributed by atoms with van der Waals surface area (Å²) >= 11 is 1.70. The predicted octanol–water partition coefficient (Wildman–Crippen LogP) is 4.86.